The summed E-state index contributed by atoms with van der Waals surface area (Å²) in [6.07, 6.45) is 9.68. The summed E-state index contributed by atoms with van der Waals surface area (Å²) in [5.74, 6) is 0.629. The number of carbonyl (C=O) groups is 3. The Kier molecular flexibility index (Phi) is 15.6. The Morgan fingerprint density at radius 2 is 1.53 bits per heavy atom. The van der Waals surface area contributed by atoms with Crippen LogP contribution in [-0.2, 0) is 19.1 Å². The molecule has 49 heavy (non-hydrogen) atoms. The number of nitrogens with zero attached hydrogens (tertiary/aromatic N) is 3. The molecule has 2 saturated heterocycles. The number of hydrogen-bond acceptors (Lipinski definition) is 8. The van der Waals surface area contributed by atoms with E-state index in [0.29, 0.717) is 90.3 Å². The first-order valence-electron chi connectivity index (χ1n) is 19.0. The molecule has 2 aliphatic heterocycles. The van der Waals surface area contributed by atoms with Gasteiger partial charge in [0.05, 0.1) is 25.4 Å². The topological polar surface area (TPSA) is 121 Å². The van der Waals surface area contributed by atoms with Crippen molar-refractivity contribution >= 4 is 17.7 Å². The molecule has 3 aliphatic rings. The third kappa shape index (κ3) is 10.9. The summed E-state index contributed by atoms with van der Waals surface area (Å²) < 4.78 is 16.9. The summed E-state index contributed by atoms with van der Waals surface area (Å²) in [5.41, 5.74) is -1.05. The molecule has 4 rings (SSSR count). The zero-order valence-electron chi connectivity index (χ0n) is 30.4. The average molecular weight is 687 g/mol. The maximum absolute atomic E-state index is 13.8. The first kappa shape index (κ1) is 39.1. The molecule has 11 heteroatoms. The second-order valence-electron chi connectivity index (χ2n) is 14.0. The largest absolute Gasteiger partial charge is 0.494 e. The molecule has 1 atom stereocenters. The van der Waals surface area contributed by atoms with E-state index in [1.807, 2.05) is 43.0 Å². The minimum Gasteiger partial charge on any atom is -0.494 e. The maximum Gasteiger partial charge on any atom is 0.254 e. The quantitative estimate of drug-likeness (QED) is 0.194. The standard InChI is InChI=1S/C38H62N4O7/c1-4-7-22-42-35(44)33(30-37(46)17-9-8-10-18-37)39-36(45)38(42)19-23-40(24-20-38)21-11-12-27-49-32-15-13-31(14-16-32)34(43)41(25-28-47-5-2)26-29-48-6-3/h13-16,33,46H,4-12,17-30H2,1-3H3,(H,39,45)/t33-/m1/s1. The molecule has 3 fully saturated rings. The summed E-state index contributed by atoms with van der Waals surface area (Å²) in [4.78, 5) is 46.7. The molecular weight excluding hydrogens is 624 g/mol. The van der Waals surface area contributed by atoms with Crippen molar-refractivity contribution in [2.24, 2.45) is 0 Å². The molecule has 1 aromatic carbocycles. The predicted molar refractivity (Wildman–Crippen MR) is 190 cm³/mol. The molecular formula is C38H62N4O7. The van der Waals surface area contributed by atoms with E-state index in [9.17, 15) is 19.5 Å². The van der Waals surface area contributed by atoms with Crippen LogP contribution in [0.15, 0.2) is 24.3 Å². The minimum atomic E-state index is -0.863. The molecule has 0 bridgehead atoms. The van der Waals surface area contributed by atoms with Crippen LogP contribution in [0.25, 0.3) is 0 Å². The number of carbonyl (C=O) groups excluding carboxylic acids is 3. The number of nitrogens with one attached hydrogen (secondary N) is 1. The molecule has 3 amide bonds. The predicted octanol–water partition coefficient (Wildman–Crippen LogP) is 4.41. The molecule has 1 aromatic rings. The second kappa shape index (κ2) is 19.6. The number of hydrogen-bond donors (Lipinski definition) is 2. The Morgan fingerprint density at radius 3 is 2.14 bits per heavy atom. The molecule has 0 aromatic heterocycles. The molecule has 2 heterocycles. The van der Waals surface area contributed by atoms with Gasteiger partial charge < -0.3 is 39.3 Å². The van der Waals surface area contributed by atoms with Gasteiger partial charge in [0.1, 0.15) is 17.3 Å². The summed E-state index contributed by atoms with van der Waals surface area (Å²) in [6.45, 7) is 12.8. The van der Waals surface area contributed by atoms with Gasteiger partial charge >= 0.3 is 0 Å². The van der Waals surface area contributed by atoms with Crippen molar-refractivity contribution in [1.82, 2.24) is 20.0 Å². The SMILES string of the molecule is CCCCN1C(=O)[C@@H](CC2(O)CCCCC2)NC(=O)C12CCN(CCCCOc1ccc(C(=O)N(CCOCC)CCOCC)cc1)CC2. The number of unbranched alkanes of at least 4 members (excludes halogenated alkanes) is 2. The highest BCUT2D eigenvalue weighted by atomic mass is 16.5. The Hall–Kier alpha value is -2.73. The van der Waals surface area contributed by atoms with Crippen LogP contribution in [-0.4, -0.2) is 127 Å². The van der Waals surface area contributed by atoms with Crippen LogP contribution in [0.4, 0.5) is 0 Å². The van der Waals surface area contributed by atoms with E-state index in [0.717, 1.165) is 70.3 Å². The van der Waals surface area contributed by atoms with Crippen LogP contribution in [0.3, 0.4) is 0 Å². The summed E-state index contributed by atoms with van der Waals surface area (Å²) in [6, 6.07) is 6.68. The minimum absolute atomic E-state index is 0.0180. The first-order chi connectivity index (χ1) is 23.7. The fourth-order valence-corrected chi connectivity index (χ4v) is 7.55. The first-order valence-corrected chi connectivity index (χ1v) is 19.0. The fourth-order valence-electron chi connectivity index (χ4n) is 7.55. The van der Waals surface area contributed by atoms with Crippen molar-refractivity contribution in [3.8, 4) is 5.75 Å². The Bertz CT molecular complexity index is 1160. The second-order valence-corrected chi connectivity index (χ2v) is 14.0. The summed E-state index contributed by atoms with van der Waals surface area (Å²) in [5, 5.41) is 14.2. The third-order valence-corrected chi connectivity index (χ3v) is 10.5. The van der Waals surface area contributed by atoms with Crippen molar-refractivity contribution in [3.63, 3.8) is 0 Å². The molecule has 2 N–H and O–H groups in total. The van der Waals surface area contributed by atoms with Gasteiger partial charge in [-0.2, -0.15) is 0 Å². The van der Waals surface area contributed by atoms with Gasteiger partial charge in [0.15, 0.2) is 0 Å². The monoisotopic (exact) mass is 686 g/mol. The van der Waals surface area contributed by atoms with Crippen LogP contribution in [0, 0.1) is 0 Å². The van der Waals surface area contributed by atoms with Crippen LogP contribution < -0.4 is 10.1 Å². The van der Waals surface area contributed by atoms with Crippen molar-refractivity contribution in [1.29, 1.82) is 0 Å². The van der Waals surface area contributed by atoms with Crippen LogP contribution in [0.5, 0.6) is 5.75 Å². The average Bonchev–Trinajstić information content (AvgIpc) is 3.11. The summed E-state index contributed by atoms with van der Waals surface area (Å²) in [7, 11) is 0. The van der Waals surface area contributed by atoms with Crippen molar-refractivity contribution in [2.45, 2.75) is 115 Å². The number of piperidine rings is 1. The van der Waals surface area contributed by atoms with E-state index in [2.05, 4.69) is 17.1 Å². The molecule has 1 aliphatic carbocycles. The van der Waals surface area contributed by atoms with E-state index < -0.39 is 17.2 Å². The fraction of sp³-hybridized carbons (Fsp3) is 0.763. The highest BCUT2D eigenvalue weighted by molar-refractivity contribution is 6.00. The van der Waals surface area contributed by atoms with Crippen molar-refractivity contribution in [3.05, 3.63) is 29.8 Å². The zero-order chi connectivity index (χ0) is 35.1. The van der Waals surface area contributed by atoms with Gasteiger partial charge in [0.25, 0.3) is 5.91 Å². The van der Waals surface area contributed by atoms with Gasteiger partial charge in [0.2, 0.25) is 11.8 Å². The highest BCUT2D eigenvalue weighted by Gasteiger charge is 2.54. The van der Waals surface area contributed by atoms with E-state index in [4.69, 9.17) is 14.2 Å². The third-order valence-electron chi connectivity index (χ3n) is 10.5. The van der Waals surface area contributed by atoms with Crippen LogP contribution in [0.1, 0.15) is 108 Å². The summed E-state index contributed by atoms with van der Waals surface area (Å²) >= 11 is 0. The van der Waals surface area contributed by atoms with Crippen molar-refractivity contribution in [2.75, 3.05) is 72.3 Å². The molecule has 1 saturated carbocycles. The van der Waals surface area contributed by atoms with Crippen LogP contribution in [0.2, 0.25) is 0 Å². The lowest BCUT2D eigenvalue weighted by Crippen LogP contribution is -2.73. The van der Waals surface area contributed by atoms with Crippen LogP contribution >= 0.6 is 0 Å². The lowest BCUT2D eigenvalue weighted by Gasteiger charge is -2.52. The number of piperazine rings is 1. The van der Waals surface area contributed by atoms with Gasteiger partial charge in [0, 0.05) is 57.9 Å². The smallest absolute Gasteiger partial charge is 0.254 e. The van der Waals surface area contributed by atoms with Gasteiger partial charge in [-0.3, -0.25) is 14.4 Å². The van der Waals surface area contributed by atoms with E-state index in [-0.39, 0.29) is 17.7 Å². The molecule has 1 spiro atoms. The molecule has 276 valence electrons. The Balaban J connectivity index is 1.21. The number of benzene rings is 1. The van der Waals surface area contributed by atoms with Gasteiger partial charge in [-0.15, -0.1) is 0 Å². The van der Waals surface area contributed by atoms with Crippen molar-refractivity contribution < 1.29 is 33.7 Å². The number of rotatable bonds is 20. The Labute approximate surface area is 294 Å². The lowest BCUT2D eigenvalue weighted by atomic mass is 9.77. The van der Waals surface area contributed by atoms with E-state index >= 15 is 0 Å². The Morgan fingerprint density at radius 1 is 0.878 bits per heavy atom. The molecule has 0 radical (unpaired) electrons. The van der Waals surface area contributed by atoms with Gasteiger partial charge in [-0.05, 0) is 89.6 Å². The molecule has 11 nitrogen and oxygen atoms in total. The molecule has 0 unspecified atom stereocenters. The zero-order valence-corrected chi connectivity index (χ0v) is 30.4. The highest BCUT2D eigenvalue weighted by Crippen LogP contribution is 2.37. The van der Waals surface area contributed by atoms with Gasteiger partial charge in [-0.1, -0.05) is 32.6 Å². The number of ether oxygens (including phenoxy) is 3. The number of aliphatic hydroxyl groups is 1. The maximum atomic E-state index is 13.8. The van der Waals surface area contributed by atoms with Gasteiger partial charge in [-0.25, -0.2) is 0 Å². The van der Waals surface area contributed by atoms with E-state index in [1.54, 1.807) is 4.90 Å². The number of likely N-dealkylation sites (tertiary alicyclic amines) is 1. The number of amides is 3. The normalized spacial score (nSPS) is 20.7. The van der Waals surface area contributed by atoms with E-state index in [1.165, 1.54) is 0 Å². The lowest BCUT2D eigenvalue weighted by molar-refractivity contribution is -0.163.